The maximum absolute atomic E-state index is 10.6. The van der Waals surface area contributed by atoms with Crippen molar-refractivity contribution >= 4 is 5.78 Å². The molecule has 0 aromatic heterocycles. The Labute approximate surface area is 133 Å². The molecule has 3 aromatic rings. The van der Waals surface area contributed by atoms with Crippen molar-refractivity contribution in [2.45, 2.75) is 13.3 Å². The van der Waals surface area contributed by atoms with Crippen LogP contribution in [0.1, 0.15) is 12.5 Å². The number of benzene rings is 3. The SMILES string of the molecule is CC(=O)Cc1ccccc1.c1ccccc1.c1ccccc1. The van der Waals surface area contributed by atoms with Crippen LogP contribution in [0.3, 0.4) is 0 Å². The van der Waals surface area contributed by atoms with Gasteiger partial charge in [0.25, 0.3) is 0 Å². The zero-order valence-corrected chi connectivity index (χ0v) is 12.9. The fourth-order valence-corrected chi connectivity index (χ4v) is 1.65. The first-order chi connectivity index (χ1) is 10.8. The summed E-state index contributed by atoms with van der Waals surface area (Å²) in [5.41, 5.74) is 1.09. The molecule has 0 unspecified atom stereocenters. The summed E-state index contributed by atoms with van der Waals surface area (Å²) in [6, 6.07) is 33.8. The Kier molecular flexibility index (Phi) is 9.56. The smallest absolute Gasteiger partial charge is 0.134 e. The van der Waals surface area contributed by atoms with Gasteiger partial charge in [-0.15, -0.1) is 0 Å². The molecule has 1 nitrogen and oxygen atoms in total. The molecule has 0 heterocycles. The maximum Gasteiger partial charge on any atom is 0.134 e. The average Bonchev–Trinajstić information content (AvgIpc) is 2.59. The summed E-state index contributed by atoms with van der Waals surface area (Å²) in [5.74, 6) is 0.214. The summed E-state index contributed by atoms with van der Waals surface area (Å²) >= 11 is 0. The van der Waals surface area contributed by atoms with Gasteiger partial charge < -0.3 is 0 Å². The first-order valence-electron chi connectivity index (χ1n) is 7.32. The standard InChI is InChI=1S/C9H10O.2C6H6/c1-8(10)7-9-5-3-2-4-6-9;2*1-2-4-6-5-3-1/h2-6H,7H2,1H3;2*1-6H. The Morgan fingerprint density at radius 1 is 0.591 bits per heavy atom. The minimum absolute atomic E-state index is 0.214. The molecule has 3 aromatic carbocycles. The fraction of sp³-hybridized carbons (Fsp3) is 0.0952. The van der Waals surface area contributed by atoms with Crippen LogP contribution in [0.25, 0.3) is 0 Å². The van der Waals surface area contributed by atoms with Crippen molar-refractivity contribution in [2.75, 3.05) is 0 Å². The van der Waals surface area contributed by atoms with E-state index in [4.69, 9.17) is 0 Å². The van der Waals surface area contributed by atoms with Crippen LogP contribution in [-0.4, -0.2) is 5.78 Å². The van der Waals surface area contributed by atoms with E-state index in [1.54, 1.807) is 6.92 Å². The molecule has 0 radical (unpaired) electrons. The van der Waals surface area contributed by atoms with Gasteiger partial charge in [-0.25, -0.2) is 0 Å². The first kappa shape index (κ1) is 17.4. The molecule has 1 heteroatoms. The van der Waals surface area contributed by atoms with Gasteiger partial charge in [-0.3, -0.25) is 4.79 Å². The second-order valence-electron chi connectivity index (χ2n) is 4.67. The normalized spacial score (nSPS) is 8.59. The number of ketones is 1. The topological polar surface area (TPSA) is 17.1 Å². The predicted molar refractivity (Wildman–Crippen MR) is 93.7 cm³/mol. The third kappa shape index (κ3) is 10.2. The fourth-order valence-electron chi connectivity index (χ4n) is 1.65. The minimum atomic E-state index is 0.214. The molecular formula is C21H22O. The highest BCUT2D eigenvalue weighted by molar-refractivity contribution is 5.78. The molecule has 0 fully saturated rings. The molecular weight excluding hydrogens is 268 g/mol. The van der Waals surface area contributed by atoms with Crippen molar-refractivity contribution in [3.63, 3.8) is 0 Å². The predicted octanol–water partition coefficient (Wildman–Crippen LogP) is 5.19. The lowest BCUT2D eigenvalue weighted by molar-refractivity contribution is -0.116. The Morgan fingerprint density at radius 3 is 1.14 bits per heavy atom. The van der Waals surface area contributed by atoms with Gasteiger partial charge in [-0.2, -0.15) is 0 Å². The summed E-state index contributed by atoms with van der Waals surface area (Å²) in [4.78, 5) is 10.6. The Balaban J connectivity index is 0.000000174. The lowest BCUT2D eigenvalue weighted by atomic mass is 10.1. The van der Waals surface area contributed by atoms with Gasteiger partial charge in [0.2, 0.25) is 0 Å². The number of carbonyl (C=O) groups excluding carboxylic acids is 1. The molecule has 0 spiro atoms. The molecule has 0 aliphatic heterocycles. The zero-order valence-electron chi connectivity index (χ0n) is 12.9. The van der Waals surface area contributed by atoms with Gasteiger partial charge in [0.15, 0.2) is 0 Å². The van der Waals surface area contributed by atoms with E-state index in [0.29, 0.717) is 6.42 Å². The molecule has 22 heavy (non-hydrogen) atoms. The highest BCUT2D eigenvalue weighted by Crippen LogP contribution is 1.98. The molecule has 3 rings (SSSR count). The average molecular weight is 290 g/mol. The van der Waals surface area contributed by atoms with Crippen LogP contribution in [0.5, 0.6) is 0 Å². The minimum Gasteiger partial charge on any atom is -0.300 e. The molecule has 0 aliphatic rings. The van der Waals surface area contributed by atoms with Gasteiger partial charge in [0, 0.05) is 6.42 Å². The van der Waals surface area contributed by atoms with Gasteiger partial charge in [0.1, 0.15) is 5.78 Å². The van der Waals surface area contributed by atoms with Crippen LogP contribution in [-0.2, 0) is 11.2 Å². The highest BCUT2D eigenvalue weighted by Gasteiger charge is 1.93. The zero-order chi connectivity index (χ0) is 15.9. The van der Waals surface area contributed by atoms with Crippen LogP contribution in [0, 0.1) is 0 Å². The quantitative estimate of drug-likeness (QED) is 0.634. The summed E-state index contributed by atoms with van der Waals surface area (Å²) in [7, 11) is 0. The summed E-state index contributed by atoms with van der Waals surface area (Å²) in [6.45, 7) is 1.60. The van der Waals surface area contributed by atoms with Crippen molar-refractivity contribution in [1.29, 1.82) is 0 Å². The van der Waals surface area contributed by atoms with Crippen molar-refractivity contribution < 1.29 is 4.79 Å². The van der Waals surface area contributed by atoms with E-state index in [0.717, 1.165) is 5.56 Å². The Hall–Kier alpha value is -2.67. The number of carbonyl (C=O) groups is 1. The molecule has 0 N–H and O–H groups in total. The largest absolute Gasteiger partial charge is 0.300 e. The molecule has 0 saturated heterocycles. The first-order valence-corrected chi connectivity index (χ1v) is 7.32. The third-order valence-electron chi connectivity index (χ3n) is 2.63. The van der Waals surface area contributed by atoms with Gasteiger partial charge in [-0.1, -0.05) is 103 Å². The lowest BCUT2D eigenvalue weighted by Gasteiger charge is -1.93. The highest BCUT2D eigenvalue weighted by atomic mass is 16.1. The second kappa shape index (κ2) is 12.1. The summed E-state index contributed by atoms with van der Waals surface area (Å²) in [6.07, 6.45) is 0.556. The van der Waals surface area contributed by atoms with E-state index in [-0.39, 0.29) is 5.78 Å². The van der Waals surface area contributed by atoms with Crippen molar-refractivity contribution in [3.05, 3.63) is 109 Å². The van der Waals surface area contributed by atoms with Crippen LogP contribution >= 0.6 is 0 Å². The third-order valence-corrected chi connectivity index (χ3v) is 2.63. The molecule has 0 amide bonds. The van der Waals surface area contributed by atoms with E-state index in [9.17, 15) is 4.79 Å². The Bertz CT molecular complexity index is 504. The molecule has 112 valence electrons. The number of Topliss-reactive ketones (excluding diaryl/α,β-unsaturated/α-hetero) is 1. The monoisotopic (exact) mass is 290 g/mol. The number of hydrogen-bond donors (Lipinski definition) is 0. The van der Waals surface area contributed by atoms with E-state index < -0.39 is 0 Å². The summed E-state index contributed by atoms with van der Waals surface area (Å²) in [5, 5.41) is 0. The van der Waals surface area contributed by atoms with Gasteiger partial charge >= 0.3 is 0 Å². The van der Waals surface area contributed by atoms with Gasteiger partial charge in [0.05, 0.1) is 0 Å². The number of rotatable bonds is 2. The Morgan fingerprint density at radius 2 is 0.864 bits per heavy atom. The van der Waals surface area contributed by atoms with E-state index in [1.165, 1.54) is 0 Å². The second-order valence-corrected chi connectivity index (χ2v) is 4.67. The van der Waals surface area contributed by atoms with E-state index in [1.807, 2.05) is 103 Å². The van der Waals surface area contributed by atoms with E-state index in [2.05, 4.69) is 0 Å². The van der Waals surface area contributed by atoms with Crippen LogP contribution in [0.15, 0.2) is 103 Å². The van der Waals surface area contributed by atoms with E-state index >= 15 is 0 Å². The van der Waals surface area contributed by atoms with Crippen molar-refractivity contribution in [1.82, 2.24) is 0 Å². The van der Waals surface area contributed by atoms with Crippen LogP contribution < -0.4 is 0 Å². The lowest BCUT2D eigenvalue weighted by Crippen LogP contribution is -1.94. The molecule has 0 saturated carbocycles. The molecule has 0 aliphatic carbocycles. The molecule has 0 bridgehead atoms. The van der Waals surface area contributed by atoms with Crippen molar-refractivity contribution in [2.24, 2.45) is 0 Å². The van der Waals surface area contributed by atoms with Crippen LogP contribution in [0.4, 0.5) is 0 Å². The van der Waals surface area contributed by atoms with Gasteiger partial charge in [-0.05, 0) is 12.5 Å². The summed E-state index contributed by atoms with van der Waals surface area (Å²) < 4.78 is 0. The maximum atomic E-state index is 10.6. The van der Waals surface area contributed by atoms with Crippen molar-refractivity contribution in [3.8, 4) is 0 Å². The molecule has 0 atom stereocenters. The van der Waals surface area contributed by atoms with Crippen LogP contribution in [0.2, 0.25) is 0 Å². The number of hydrogen-bond acceptors (Lipinski definition) is 1.